The highest BCUT2D eigenvalue weighted by molar-refractivity contribution is 5.91. The number of carbonyl (C=O) groups is 2. The van der Waals surface area contributed by atoms with Crippen molar-refractivity contribution in [2.75, 3.05) is 11.9 Å². The van der Waals surface area contributed by atoms with E-state index in [2.05, 4.69) is 10.6 Å². The van der Waals surface area contributed by atoms with E-state index in [0.717, 1.165) is 11.6 Å². The average Bonchev–Trinajstić information content (AvgIpc) is 3.22. The molecule has 0 saturated heterocycles. The van der Waals surface area contributed by atoms with Crippen molar-refractivity contribution in [2.24, 2.45) is 0 Å². The van der Waals surface area contributed by atoms with Crippen molar-refractivity contribution in [3.8, 4) is 0 Å². The standard InChI is InChI=1S/C15H18N2O3/c18-14(9-10-16-12-6-7-12)17-13-4-1-11(2-5-13)3-8-15(19)20/h1-5,8,12,16H,6-7,9-10H2,(H,17,18)(H,19,20)/b8-3+. The van der Waals surface area contributed by atoms with Crippen LogP contribution in [-0.2, 0) is 9.59 Å². The first-order valence-corrected chi connectivity index (χ1v) is 6.68. The molecule has 20 heavy (non-hydrogen) atoms. The molecule has 0 atom stereocenters. The second-order valence-electron chi connectivity index (χ2n) is 4.82. The number of anilines is 1. The van der Waals surface area contributed by atoms with Gasteiger partial charge in [0.1, 0.15) is 0 Å². The van der Waals surface area contributed by atoms with Crippen LogP contribution in [0.4, 0.5) is 5.69 Å². The Bertz CT molecular complexity index is 504. The summed E-state index contributed by atoms with van der Waals surface area (Å²) in [5.41, 5.74) is 1.50. The fraction of sp³-hybridized carbons (Fsp3) is 0.333. The number of hydrogen-bond donors (Lipinski definition) is 3. The van der Waals surface area contributed by atoms with Crippen molar-refractivity contribution >= 4 is 23.6 Å². The van der Waals surface area contributed by atoms with E-state index in [1.165, 1.54) is 18.9 Å². The zero-order chi connectivity index (χ0) is 14.4. The van der Waals surface area contributed by atoms with Gasteiger partial charge in [0, 0.05) is 30.8 Å². The van der Waals surface area contributed by atoms with Gasteiger partial charge in [-0.05, 0) is 36.6 Å². The van der Waals surface area contributed by atoms with Crippen molar-refractivity contribution in [3.05, 3.63) is 35.9 Å². The van der Waals surface area contributed by atoms with Crippen LogP contribution in [0.15, 0.2) is 30.3 Å². The van der Waals surface area contributed by atoms with Crippen LogP contribution in [0.1, 0.15) is 24.8 Å². The van der Waals surface area contributed by atoms with Crippen LogP contribution in [0.2, 0.25) is 0 Å². The maximum atomic E-state index is 11.7. The minimum atomic E-state index is -0.981. The van der Waals surface area contributed by atoms with Gasteiger partial charge in [0.15, 0.2) is 0 Å². The average molecular weight is 274 g/mol. The molecule has 0 unspecified atom stereocenters. The molecule has 0 aromatic heterocycles. The van der Waals surface area contributed by atoms with Crippen LogP contribution in [0.3, 0.4) is 0 Å². The Kier molecular flexibility index (Phi) is 4.90. The van der Waals surface area contributed by atoms with Crippen molar-refractivity contribution in [1.82, 2.24) is 5.32 Å². The summed E-state index contributed by atoms with van der Waals surface area (Å²) in [5, 5.41) is 14.6. The lowest BCUT2D eigenvalue weighted by Gasteiger charge is -2.06. The van der Waals surface area contributed by atoms with Gasteiger partial charge in [0.2, 0.25) is 5.91 Å². The predicted molar refractivity (Wildman–Crippen MR) is 77.4 cm³/mol. The zero-order valence-electron chi connectivity index (χ0n) is 11.1. The molecule has 0 bridgehead atoms. The quantitative estimate of drug-likeness (QED) is 0.663. The lowest BCUT2D eigenvalue weighted by molar-refractivity contribution is -0.131. The van der Waals surface area contributed by atoms with Crippen LogP contribution in [0, 0.1) is 0 Å². The Balaban J connectivity index is 1.76. The number of rotatable bonds is 7. The van der Waals surface area contributed by atoms with Gasteiger partial charge in [-0.15, -0.1) is 0 Å². The molecular weight excluding hydrogens is 256 g/mol. The number of carboxylic acid groups (broad SMARTS) is 1. The molecule has 0 aliphatic heterocycles. The van der Waals surface area contributed by atoms with Crippen LogP contribution >= 0.6 is 0 Å². The molecule has 5 nitrogen and oxygen atoms in total. The van der Waals surface area contributed by atoms with Gasteiger partial charge in [-0.3, -0.25) is 4.79 Å². The van der Waals surface area contributed by atoms with Gasteiger partial charge in [-0.2, -0.15) is 0 Å². The molecule has 1 aromatic carbocycles. The van der Waals surface area contributed by atoms with Gasteiger partial charge >= 0.3 is 5.97 Å². The first-order valence-electron chi connectivity index (χ1n) is 6.68. The minimum absolute atomic E-state index is 0.0213. The highest BCUT2D eigenvalue weighted by Crippen LogP contribution is 2.18. The highest BCUT2D eigenvalue weighted by Gasteiger charge is 2.19. The Labute approximate surface area is 117 Å². The molecule has 106 valence electrons. The lowest BCUT2D eigenvalue weighted by atomic mass is 10.2. The molecule has 5 heteroatoms. The van der Waals surface area contributed by atoms with E-state index in [1.54, 1.807) is 24.3 Å². The van der Waals surface area contributed by atoms with Crippen LogP contribution < -0.4 is 10.6 Å². The molecule has 1 aliphatic carbocycles. The molecule has 2 rings (SSSR count). The summed E-state index contributed by atoms with van der Waals surface area (Å²) in [6.07, 6.45) is 5.47. The van der Waals surface area contributed by atoms with Crippen LogP contribution in [0.25, 0.3) is 6.08 Å². The molecule has 1 aliphatic rings. The number of hydrogen-bond acceptors (Lipinski definition) is 3. The molecule has 0 spiro atoms. The molecule has 0 radical (unpaired) electrons. The Morgan fingerprint density at radius 2 is 1.95 bits per heavy atom. The monoisotopic (exact) mass is 274 g/mol. The van der Waals surface area contributed by atoms with E-state index in [-0.39, 0.29) is 5.91 Å². The van der Waals surface area contributed by atoms with Crippen molar-refractivity contribution in [2.45, 2.75) is 25.3 Å². The van der Waals surface area contributed by atoms with E-state index in [0.29, 0.717) is 24.7 Å². The Hall–Kier alpha value is -2.14. The molecular formula is C15H18N2O3. The normalized spacial score (nSPS) is 14.4. The summed E-state index contributed by atoms with van der Waals surface area (Å²) in [7, 11) is 0. The van der Waals surface area contributed by atoms with E-state index >= 15 is 0 Å². The smallest absolute Gasteiger partial charge is 0.328 e. The van der Waals surface area contributed by atoms with Crippen molar-refractivity contribution in [3.63, 3.8) is 0 Å². The van der Waals surface area contributed by atoms with Gasteiger partial charge in [-0.1, -0.05) is 12.1 Å². The fourth-order valence-electron chi connectivity index (χ4n) is 1.75. The SMILES string of the molecule is O=C(O)/C=C/c1ccc(NC(=O)CCNC2CC2)cc1. The third-order valence-corrected chi connectivity index (χ3v) is 2.98. The number of nitrogens with one attached hydrogen (secondary N) is 2. The summed E-state index contributed by atoms with van der Waals surface area (Å²) in [4.78, 5) is 22.1. The summed E-state index contributed by atoms with van der Waals surface area (Å²) in [6, 6.07) is 7.65. The lowest BCUT2D eigenvalue weighted by Crippen LogP contribution is -2.23. The second kappa shape index (κ2) is 6.86. The van der Waals surface area contributed by atoms with Crippen LogP contribution in [0.5, 0.6) is 0 Å². The summed E-state index contributed by atoms with van der Waals surface area (Å²) < 4.78 is 0. The topological polar surface area (TPSA) is 78.4 Å². The van der Waals surface area contributed by atoms with E-state index in [1.807, 2.05) is 0 Å². The zero-order valence-corrected chi connectivity index (χ0v) is 11.1. The molecule has 3 N–H and O–H groups in total. The Morgan fingerprint density at radius 1 is 1.25 bits per heavy atom. The number of carbonyl (C=O) groups excluding carboxylic acids is 1. The summed E-state index contributed by atoms with van der Waals surface area (Å²) >= 11 is 0. The van der Waals surface area contributed by atoms with Crippen LogP contribution in [-0.4, -0.2) is 29.6 Å². The molecule has 1 aromatic rings. The van der Waals surface area contributed by atoms with Crippen molar-refractivity contribution in [1.29, 1.82) is 0 Å². The third kappa shape index (κ3) is 5.24. The number of benzene rings is 1. The van der Waals surface area contributed by atoms with E-state index in [4.69, 9.17) is 5.11 Å². The fourth-order valence-corrected chi connectivity index (χ4v) is 1.75. The maximum Gasteiger partial charge on any atom is 0.328 e. The van der Waals surface area contributed by atoms with Gasteiger partial charge < -0.3 is 15.7 Å². The minimum Gasteiger partial charge on any atom is -0.478 e. The van der Waals surface area contributed by atoms with Gasteiger partial charge in [0.25, 0.3) is 0 Å². The van der Waals surface area contributed by atoms with E-state index in [9.17, 15) is 9.59 Å². The molecule has 0 heterocycles. The Morgan fingerprint density at radius 3 is 2.55 bits per heavy atom. The first-order chi connectivity index (χ1) is 9.63. The molecule has 1 fully saturated rings. The first kappa shape index (κ1) is 14.3. The van der Waals surface area contributed by atoms with Crippen molar-refractivity contribution < 1.29 is 14.7 Å². The maximum absolute atomic E-state index is 11.7. The predicted octanol–water partition coefficient (Wildman–Crippen LogP) is 1.86. The second-order valence-corrected chi connectivity index (χ2v) is 4.82. The van der Waals surface area contributed by atoms with Gasteiger partial charge in [0.05, 0.1) is 0 Å². The number of aliphatic carboxylic acids is 1. The van der Waals surface area contributed by atoms with Gasteiger partial charge in [-0.25, -0.2) is 4.79 Å². The van der Waals surface area contributed by atoms with E-state index < -0.39 is 5.97 Å². The number of carboxylic acids is 1. The largest absolute Gasteiger partial charge is 0.478 e. The summed E-state index contributed by atoms with van der Waals surface area (Å²) in [5.74, 6) is -1.00. The summed E-state index contributed by atoms with van der Waals surface area (Å²) in [6.45, 7) is 0.704. The molecule has 1 amide bonds. The number of amides is 1. The highest BCUT2D eigenvalue weighted by atomic mass is 16.4. The molecule has 1 saturated carbocycles. The third-order valence-electron chi connectivity index (χ3n) is 2.98.